The molecule has 8 heteroatoms. The number of carbonyl (C=O) groups excluding carboxylic acids is 1. The van der Waals surface area contributed by atoms with E-state index in [1.807, 2.05) is 6.07 Å². The van der Waals surface area contributed by atoms with Crippen LogP contribution in [0.3, 0.4) is 0 Å². The van der Waals surface area contributed by atoms with Crippen molar-refractivity contribution in [2.45, 2.75) is 26.0 Å². The number of nitrogens with zero attached hydrogens (tertiary/aromatic N) is 1. The largest absolute Gasteiger partial charge is 0.493 e. The van der Waals surface area contributed by atoms with Gasteiger partial charge in [0.1, 0.15) is 5.75 Å². The Bertz CT molecular complexity index is 811. The summed E-state index contributed by atoms with van der Waals surface area (Å²) in [7, 11) is 6.30. The van der Waals surface area contributed by atoms with E-state index in [-0.39, 0.29) is 18.1 Å². The molecule has 0 aliphatic carbocycles. The fourth-order valence-electron chi connectivity index (χ4n) is 2.93. The topological polar surface area (TPSA) is 57.2 Å². The maximum Gasteiger partial charge on any atom is 0.387 e. The van der Waals surface area contributed by atoms with Gasteiger partial charge in [0, 0.05) is 20.0 Å². The highest BCUT2D eigenvalue weighted by molar-refractivity contribution is 5.76. The van der Waals surface area contributed by atoms with Crippen LogP contribution in [0, 0.1) is 0 Å². The number of aryl methyl sites for hydroxylation is 1. The molecule has 0 atom stereocenters. The summed E-state index contributed by atoms with van der Waals surface area (Å²) in [5.74, 6) is 1.60. The molecule has 0 spiro atoms. The predicted octanol–water partition coefficient (Wildman–Crippen LogP) is 3.91. The van der Waals surface area contributed by atoms with E-state index in [0.717, 1.165) is 11.1 Å². The zero-order chi connectivity index (χ0) is 21.4. The second kappa shape index (κ2) is 10.5. The lowest BCUT2D eigenvalue weighted by molar-refractivity contribution is -0.130. The molecule has 0 aliphatic rings. The summed E-state index contributed by atoms with van der Waals surface area (Å²) >= 11 is 0. The molecule has 0 fully saturated rings. The standard InChI is InChI=1S/C21H25F2NO5/c1-24(13-14-5-9-16(10-6-14)29-21(22)23)18(25)12-8-15-7-11-17(26-2)20(28-4)19(15)27-3/h5-7,9-11,21H,8,12-13H2,1-4H3. The van der Waals surface area contributed by atoms with Gasteiger partial charge < -0.3 is 23.8 Å². The van der Waals surface area contributed by atoms with Crippen molar-refractivity contribution < 1.29 is 32.5 Å². The third-order valence-electron chi connectivity index (χ3n) is 4.39. The Hall–Kier alpha value is -3.03. The molecule has 2 aromatic carbocycles. The molecule has 0 saturated carbocycles. The molecule has 1 amide bonds. The van der Waals surface area contributed by atoms with Gasteiger partial charge in [-0.05, 0) is 35.7 Å². The van der Waals surface area contributed by atoms with Gasteiger partial charge in [-0.25, -0.2) is 0 Å². The van der Waals surface area contributed by atoms with Crippen LogP contribution in [0.1, 0.15) is 17.5 Å². The second-order valence-electron chi connectivity index (χ2n) is 6.27. The fourth-order valence-corrected chi connectivity index (χ4v) is 2.93. The number of benzene rings is 2. The van der Waals surface area contributed by atoms with Crippen molar-refractivity contribution in [1.29, 1.82) is 0 Å². The first kappa shape index (κ1) is 22.3. The minimum Gasteiger partial charge on any atom is -0.493 e. The van der Waals surface area contributed by atoms with E-state index in [4.69, 9.17) is 14.2 Å². The van der Waals surface area contributed by atoms with Crippen molar-refractivity contribution in [1.82, 2.24) is 4.90 Å². The molecule has 29 heavy (non-hydrogen) atoms. The van der Waals surface area contributed by atoms with E-state index in [0.29, 0.717) is 30.2 Å². The van der Waals surface area contributed by atoms with Crippen LogP contribution in [-0.4, -0.2) is 45.8 Å². The van der Waals surface area contributed by atoms with E-state index < -0.39 is 6.61 Å². The number of alkyl halides is 2. The maximum atomic E-state index is 12.5. The lowest BCUT2D eigenvalue weighted by Gasteiger charge is -2.19. The first-order valence-corrected chi connectivity index (χ1v) is 8.95. The third kappa shape index (κ3) is 5.97. The Morgan fingerprint density at radius 3 is 2.17 bits per heavy atom. The fraction of sp³-hybridized carbons (Fsp3) is 0.381. The summed E-state index contributed by atoms with van der Waals surface area (Å²) in [5, 5.41) is 0. The molecular formula is C21H25F2NO5. The van der Waals surface area contributed by atoms with Gasteiger partial charge in [-0.15, -0.1) is 0 Å². The molecule has 158 valence electrons. The average Bonchev–Trinajstić information content (AvgIpc) is 2.71. The number of ether oxygens (including phenoxy) is 4. The quantitative estimate of drug-likeness (QED) is 0.596. The average molecular weight is 409 g/mol. The number of hydrogen-bond acceptors (Lipinski definition) is 5. The van der Waals surface area contributed by atoms with E-state index >= 15 is 0 Å². The maximum absolute atomic E-state index is 12.5. The Morgan fingerprint density at radius 1 is 0.966 bits per heavy atom. The number of halogens is 2. The molecule has 0 saturated heterocycles. The third-order valence-corrected chi connectivity index (χ3v) is 4.39. The SMILES string of the molecule is COc1ccc(CCC(=O)N(C)Cc2ccc(OC(F)F)cc2)c(OC)c1OC. The van der Waals surface area contributed by atoms with Crippen LogP contribution in [0.2, 0.25) is 0 Å². The van der Waals surface area contributed by atoms with Gasteiger partial charge in [0.05, 0.1) is 21.3 Å². The number of hydrogen-bond donors (Lipinski definition) is 0. The van der Waals surface area contributed by atoms with Gasteiger partial charge in [0.25, 0.3) is 0 Å². The van der Waals surface area contributed by atoms with Crippen LogP contribution in [0.5, 0.6) is 23.0 Å². The van der Waals surface area contributed by atoms with Crippen LogP contribution in [-0.2, 0) is 17.8 Å². The lowest BCUT2D eigenvalue weighted by atomic mass is 10.1. The molecule has 0 aliphatic heterocycles. The van der Waals surface area contributed by atoms with Gasteiger partial charge in [-0.2, -0.15) is 8.78 Å². The van der Waals surface area contributed by atoms with Gasteiger partial charge >= 0.3 is 6.61 Å². The summed E-state index contributed by atoms with van der Waals surface area (Å²) < 4.78 is 44.8. The van der Waals surface area contributed by atoms with Crippen LogP contribution >= 0.6 is 0 Å². The van der Waals surface area contributed by atoms with E-state index in [9.17, 15) is 13.6 Å². The summed E-state index contributed by atoms with van der Waals surface area (Å²) in [5.41, 5.74) is 1.64. The van der Waals surface area contributed by atoms with Crippen molar-refractivity contribution in [2.75, 3.05) is 28.4 Å². The molecule has 0 unspecified atom stereocenters. The Balaban J connectivity index is 1.98. The molecule has 0 radical (unpaired) electrons. The Morgan fingerprint density at radius 2 is 1.62 bits per heavy atom. The van der Waals surface area contributed by atoms with E-state index in [1.54, 1.807) is 37.3 Å². The summed E-state index contributed by atoms with van der Waals surface area (Å²) in [6, 6.07) is 9.82. The number of rotatable bonds is 10. The Labute approximate surface area is 168 Å². The highest BCUT2D eigenvalue weighted by Gasteiger charge is 2.17. The minimum atomic E-state index is -2.86. The number of methoxy groups -OCH3 is 3. The number of carbonyl (C=O) groups is 1. The van der Waals surface area contributed by atoms with Crippen molar-refractivity contribution in [2.24, 2.45) is 0 Å². The second-order valence-corrected chi connectivity index (χ2v) is 6.27. The first-order chi connectivity index (χ1) is 13.9. The zero-order valence-corrected chi connectivity index (χ0v) is 16.9. The van der Waals surface area contributed by atoms with Crippen LogP contribution in [0.4, 0.5) is 8.78 Å². The van der Waals surface area contributed by atoms with E-state index in [1.165, 1.54) is 26.4 Å². The molecular weight excluding hydrogens is 384 g/mol. The summed E-state index contributed by atoms with van der Waals surface area (Å²) in [6.45, 7) is -2.50. The van der Waals surface area contributed by atoms with Gasteiger partial charge in [-0.1, -0.05) is 18.2 Å². The van der Waals surface area contributed by atoms with Crippen LogP contribution in [0.25, 0.3) is 0 Å². The van der Waals surface area contributed by atoms with Crippen molar-refractivity contribution >= 4 is 5.91 Å². The van der Waals surface area contributed by atoms with E-state index in [2.05, 4.69) is 4.74 Å². The van der Waals surface area contributed by atoms with Crippen molar-refractivity contribution in [3.63, 3.8) is 0 Å². The summed E-state index contributed by atoms with van der Waals surface area (Å²) in [6.07, 6.45) is 0.739. The molecule has 0 heterocycles. The lowest BCUT2D eigenvalue weighted by Crippen LogP contribution is -2.26. The molecule has 0 bridgehead atoms. The summed E-state index contributed by atoms with van der Waals surface area (Å²) in [4.78, 5) is 14.1. The minimum absolute atomic E-state index is 0.0604. The molecule has 0 aromatic heterocycles. The highest BCUT2D eigenvalue weighted by atomic mass is 19.3. The van der Waals surface area contributed by atoms with Crippen LogP contribution in [0.15, 0.2) is 36.4 Å². The predicted molar refractivity (Wildman–Crippen MR) is 104 cm³/mol. The number of amides is 1. The van der Waals surface area contributed by atoms with Gasteiger partial charge in [-0.3, -0.25) is 4.79 Å². The smallest absolute Gasteiger partial charge is 0.387 e. The highest BCUT2D eigenvalue weighted by Crippen LogP contribution is 2.40. The van der Waals surface area contributed by atoms with Crippen molar-refractivity contribution in [3.8, 4) is 23.0 Å². The monoisotopic (exact) mass is 409 g/mol. The normalized spacial score (nSPS) is 10.6. The first-order valence-electron chi connectivity index (χ1n) is 8.95. The zero-order valence-electron chi connectivity index (χ0n) is 16.9. The molecule has 2 aromatic rings. The van der Waals surface area contributed by atoms with Crippen LogP contribution < -0.4 is 18.9 Å². The molecule has 0 N–H and O–H groups in total. The Kier molecular flexibility index (Phi) is 8.06. The van der Waals surface area contributed by atoms with Crippen molar-refractivity contribution in [3.05, 3.63) is 47.5 Å². The molecule has 6 nitrogen and oxygen atoms in total. The van der Waals surface area contributed by atoms with Gasteiger partial charge in [0.2, 0.25) is 11.7 Å². The van der Waals surface area contributed by atoms with Gasteiger partial charge in [0.15, 0.2) is 11.5 Å². The molecule has 2 rings (SSSR count).